The summed E-state index contributed by atoms with van der Waals surface area (Å²) >= 11 is 0. The number of piperidine rings is 1. The smallest absolute Gasteiger partial charge is 0.407 e. The second kappa shape index (κ2) is 7.51. The standard InChI is InChI=1S/C17H30N4O3/c1-11(18-16(22)24-17(4,5)6)14-7-9-21(10-8-14)12(2)15-20-19-13(3)23-15/h11-12,14H,7-10H2,1-6H3,(H,18,22)/t11-,12+/m1/s1. The molecule has 0 unspecified atom stereocenters. The molecule has 2 atom stereocenters. The predicted octanol–water partition coefficient (Wildman–Crippen LogP) is 3.06. The van der Waals surface area contributed by atoms with E-state index in [1.165, 1.54) is 0 Å². The van der Waals surface area contributed by atoms with Crippen molar-refractivity contribution >= 4 is 6.09 Å². The molecule has 1 aromatic rings. The SMILES string of the molecule is Cc1nnc([C@H](C)N2CCC([C@@H](C)NC(=O)OC(C)(C)C)CC2)o1. The van der Waals surface area contributed by atoms with Gasteiger partial charge in [0.05, 0.1) is 6.04 Å². The maximum atomic E-state index is 11.9. The van der Waals surface area contributed by atoms with Gasteiger partial charge in [0, 0.05) is 13.0 Å². The molecule has 24 heavy (non-hydrogen) atoms. The number of nitrogens with zero attached hydrogens (tertiary/aromatic N) is 3. The van der Waals surface area contributed by atoms with Crippen molar-refractivity contribution in [3.8, 4) is 0 Å². The van der Waals surface area contributed by atoms with Gasteiger partial charge in [-0.3, -0.25) is 4.90 Å². The lowest BCUT2D eigenvalue weighted by Gasteiger charge is -2.37. The summed E-state index contributed by atoms with van der Waals surface area (Å²) in [5.74, 6) is 1.72. The molecule has 1 aliphatic heterocycles. The van der Waals surface area contributed by atoms with E-state index < -0.39 is 5.60 Å². The Morgan fingerprint density at radius 1 is 1.29 bits per heavy atom. The summed E-state index contributed by atoms with van der Waals surface area (Å²) in [6.07, 6.45) is 1.70. The largest absolute Gasteiger partial charge is 0.444 e. The van der Waals surface area contributed by atoms with Crippen molar-refractivity contribution in [3.63, 3.8) is 0 Å². The Labute approximate surface area is 144 Å². The zero-order chi connectivity index (χ0) is 17.9. The summed E-state index contributed by atoms with van der Waals surface area (Å²) in [5, 5.41) is 11.0. The molecule has 0 saturated carbocycles. The van der Waals surface area contributed by atoms with Crippen LogP contribution in [0.3, 0.4) is 0 Å². The number of aryl methyl sites for hydroxylation is 1. The first-order valence-electron chi connectivity index (χ1n) is 8.69. The highest BCUT2D eigenvalue weighted by atomic mass is 16.6. The Morgan fingerprint density at radius 3 is 2.42 bits per heavy atom. The first-order chi connectivity index (χ1) is 11.2. The van der Waals surface area contributed by atoms with Crippen molar-refractivity contribution in [1.29, 1.82) is 0 Å². The lowest BCUT2D eigenvalue weighted by atomic mass is 9.90. The van der Waals surface area contributed by atoms with Crippen molar-refractivity contribution in [1.82, 2.24) is 20.4 Å². The Hall–Kier alpha value is -1.63. The van der Waals surface area contributed by atoms with E-state index in [9.17, 15) is 4.79 Å². The van der Waals surface area contributed by atoms with Crippen LogP contribution in [0.15, 0.2) is 4.42 Å². The fraction of sp³-hybridized carbons (Fsp3) is 0.824. The van der Waals surface area contributed by atoms with Gasteiger partial charge in [-0.1, -0.05) is 0 Å². The second-order valence-corrected chi connectivity index (χ2v) is 7.64. The van der Waals surface area contributed by atoms with E-state index in [-0.39, 0.29) is 18.2 Å². The van der Waals surface area contributed by atoms with Gasteiger partial charge in [-0.15, -0.1) is 10.2 Å². The number of amides is 1. The van der Waals surface area contributed by atoms with Crippen LogP contribution in [0, 0.1) is 12.8 Å². The van der Waals surface area contributed by atoms with Gasteiger partial charge in [0.25, 0.3) is 0 Å². The molecule has 1 N–H and O–H groups in total. The number of likely N-dealkylation sites (tertiary alicyclic amines) is 1. The third-order valence-electron chi connectivity index (χ3n) is 4.47. The molecule has 2 heterocycles. The Kier molecular flexibility index (Phi) is 5.85. The molecule has 0 spiro atoms. The van der Waals surface area contributed by atoms with Crippen LogP contribution in [0.2, 0.25) is 0 Å². The Balaban J connectivity index is 1.80. The average Bonchev–Trinajstić information content (AvgIpc) is 2.91. The number of alkyl carbamates (subject to hydrolysis) is 1. The summed E-state index contributed by atoms with van der Waals surface area (Å²) in [4.78, 5) is 14.3. The highest BCUT2D eigenvalue weighted by molar-refractivity contribution is 5.68. The predicted molar refractivity (Wildman–Crippen MR) is 90.6 cm³/mol. The molecule has 0 radical (unpaired) electrons. The molecule has 1 aromatic heterocycles. The van der Waals surface area contributed by atoms with E-state index in [4.69, 9.17) is 9.15 Å². The molecule has 136 valence electrons. The highest BCUT2D eigenvalue weighted by Gasteiger charge is 2.30. The molecule has 2 rings (SSSR count). The van der Waals surface area contributed by atoms with E-state index >= 15 is 0 Å². The molecule has 7 heteroatoms. The topological polar surface area (TPSA) is 80.5 Å². The molecular weight excluding hydrogens is 308 g/mol. The highest BCUT2D eigenvalue weighted by Crippen LogP contribution is 2.27. The zero-order valence-corrected chi connectivity index (χ0v) is 15.6. The van der Waals surface area contributed by atoms with Crippen molar-refractivity contribution in [2.45, 2.75) is 72.1 Å². The monoisotopic (exact) mass is 338 g/mol. The summed E-state index contributed by atoms with van der Waals surface area (Å²) < 4.78 is 10.9. The Morgan fingerprint density at radius 2 is 1.92 bits per heavy atom. The van der Waals surface area contributed by atoms with Crippen LogP contribution in [-0.2, 0) is 4.74 Å². The quantitative estimate of drug-likeness (QED) is 0.909. The van der Waals surface area contributed by atoms with E-state index in [1.54, 1.807) is 6.92 Å². The average molecular weight is 338 g/mol. The van der Waals surface area contributed by atoms with Gasteiger partial charge in [0.1, 0.15) is 5.60 Å². The minimum absolute atomic E-state index is 0.1000. The van der Waals surface area contributed by atoms with Gasteiger partial charge in [0.2, 0.25) is 11.8 Å². The number of aromatic nitrogens is 2. The van der Waals surface area contributed by atoms with Crippen LogP contribution >= 0.6 is 0 Å². The first kappa shape index (κ1) is 18.7. The van der Waals surface area contributed by atoms with Crippen LogP contribution in [0.1, 0.15) is 65.3 Å². The van der Waals surface area contributed by atoms with Crippen LogP contribution < -0.4 is 5.32 Å². The van der Waals surface area contributed by atoms with Gasteiger partial charge in [-0.25, -0.2) is 4.79 Å². The number of ether oxygens (including phenoxy) is 1. The fourth-order valence-corrected chi connectivity index (χ4v) is 3.05. The maximum absolute atomic E-state index is 11.9. The molecule has 0 aliphatic carbocycles. The van der Waals surface area contributed by atoms with Crippen LogP contribution in [-0.4, -0.2) is 45.9 Å². The number of hydrogen-bond acceptors (Lipinski definition) is 6. The second-order valence-electron chi connectivity index (χ2n) is 7.64. The summed E-state index contributed by atoms with van der Waals surface area (Å²) in [7, 11) is 0. The van der Waals surface area contributed by atoms with E-state index in [2.05, 4.69) is 34.3 Å². The van der Waals surface area contributed by atoms with Crippen molar-refractivity contribution in [2.24, 2.45) is 5.92 Å². The minimum Gasteiger partial charge on any atom is -0.444 e. The van der Waals surface area contributed by atoms with Gasteiger partial charge in [-0.2, -0.15) is 0 Å². The molecule has 1 fully saturated rings. The summed E-state index contributed by atoms with van der Waals surface area (Å²) in [6, 6.07) is 0.226. The number of nitrogens with one attached hydrogen (secondary N) is 1. The van der Waals surface area contributed by atoms with Crippen molar-refractivity contribution in [3.05, 3.63) is 11.8 Å². The number of rotatable bonds is 4. The van der Waals surface area contributed by atoms with Gasteiger partial charge in [-0.05, 0) is 66.5 Å². The van der Waals surface area contributed by atoms with Crippen molar-refractivity contribution in [2.75, 3.05) is 13.1 Å². The molecule has 1 aliphatic rings. The number of carbonyl (C=O) groups is 1. The van der Waals surface area contributed by atoms with Crippen molar-refractivity contribution < 1.29 is 13.9 Å². The molecule has 1 saturated heterocycles. The van der Waals surface area contributed by atoms with Crippen LogP contribution in [0.5, 0.6) is 0 Å². The number of hydrogen-bond donors (Lipinski definition) is 1. The van der Waals surface area contributed by atoms with E-state index in [1.807, 2.05) is 20.8 Å². The third kappa shape index (κ3) is 5.19. The lowest BCUT2D eigenvalue weighted by Crippen LogP contribution is -2.45. The third-order valence-corrected chi connectivity index (χ3v) is 4.47. The maximum Gasteiger partial charge on any atom is 0.407 e. The van der Waals surface area contributed by atoms with Gasteiger partial charge < -0.3 is 14.5 Å². The molecule has 1 amide bonds. The molecular formula is C17H30N4O3. The van der Waals surface area contributed by atoms with E-state index in [0.717, 1.165) is 25.9 Å². The normalized spacial score (nSPS) is 19.8. The zero-order valence-electron chi connectivity index (χ0n) is 15.6. The molecule has 0 aromatic carbocycles. The lowest BCUT2D eigenvalue weighted by molar-refractivity contribution is 0.0462. The summed E-state index contributed by atoms with van der Waals surface area (Å²) in [5.41, 5.74) is -0.467. The fourth-order valence-electron chi connectivity index (χ4n) is 3.05. The molecule has 7 nitrogen and oxygen atoms in total. The van der Waals surface area contributed by atoms with Crippen LogP contribution in [0.4, 0.5) is 4.79 Å². The Bertz CT molecular complexity index is 544. The van der Waals surface area contributed by atoms with E-state index in [0.29, 0.717) is 17.7 Å². The van der Waals surface area contributed by atoms with Gasteiger partial charge in [0.15, 0.2) is 0 Å². The molecule has 0 bridgehead atoms. The minimum atomic E-state index is -0.467. The van der Waals surface area contributed by atoms with Gasteiger partial charge >= 0.3 is 6.09 Å². The first-order valence-corrected chi connectivity index (χ1v) is 8.69. The van der Waals surface area contributed by atoms with Crippen LogP contribution in [0.25, 0.3) is 0 Å². The number of carbonyl (C=O) groups excluding carboxylic acids is 1. The summed E-state index contributed by atoms with van der Waals surface area (Å²) in [6.45, 7) is 13.5.